The largest absolute Gasteiger partial charge is 0.465 e. The Hall–Kier alpha value is -2.63. The number of hydrogen-bond donors (Lipinski definition) is 0. The highest BCUT2D eigenvalue weighted by molar-refractivity contribution is 5.81. The molecule has 0 unspecified atom stereocenters. The number of imidazole rings is 1. The summed E-state index contributed by atoms with van der Waals surface area (Å²) in [4.78, 5) is 29.1. The van der Waals surface area contributed by atoms with Gasteiger partial charge < -0.3 is 14.2 Å². The first-order valence-corrected chi connectivity index (χ1v) is 7.07. The van der Waals surface area contributed by atoms with Gasteiger partial charge in [-0.3, -0.25) is 9.59 Å². The summed E-state index contributed by atoms with van der Waals surface area (Å²) in [7, 11) is 1.58. The van der Waals surface area contributed by atoms with E-state index in [0.717, 1.165) is 11.3 Å². The molecule has 0 spiro atoms. The number of aromatic nitrogens is 2. The number of amides is 1. The molecule has 1 aromatic carbocycles. The summed E-state index contributed by atoms with van der Waals surface area (Å²) in [6, 6.07) is 9.73. The molecule has 1 heterocycles. The second-order valence-corrected chi connectivity index (χ2v) is 4.85. The van der Waals surface area contributed by atoms with Crippen molar-refractivity contribution >= 4 is 11.9 Å². The van der Waals surface area contributed by atoms with Crippen molar-refractivity contribution in [1.29, 1.82) is 0 Å². The average molecular weight is 301 g/mol. The summed E-state index contributed by atoms with van der Waals surface area (Å²) in [5.41, 5.74) is 1.80. The van der Waals surface area contributed by atoms with E-state index in [1.54, 1.807) is 24.9 Å². The molecule has 2 rings (SSSR count). The van der Waals surface area contributed by atoms with Crippen LogP contribution in [-0.4, -0.2) is 46.5 Å². The molecular weight excluding hydrogens is 282 g/mol. The van der Waals surface area contributed by atoms with Crippen LogP contribution in [0.3, 0.4) is 0 Å². The Morgan fingerprint density at radius 2 is 2.00 bits per heavy atom. The number of carbonyl (C=O) groups excluding carboxylic acids is 2. The van der Waals surface area contributed by atoms with Crippen LogP contribution >= 0.6 is 0 Å². The van der Waals surface area contributed by atoms with Gasteiger partial charge in [0.05, 0.1) is 18.6 Å². The summed E-state index contributed by atoms with van der Waals surface area (Å²) >= 11 is 0. The van der Waals surface area contributed by atoms with Crippen LogP contribution < -0.4 is 0 Å². The molecule has 22 heavy (non-hydrogen) atoms. The number of ether oxygens (including phenoxy) is 1. The molecule has 1 amide bonds. The van der Waals surface area contributed by atoms with Crippen LogP contribution in [-0.2, 0) is 20.9 Å². The molecule has 0 aliphatic carbocycles. The van der Waals surface area contributed by atoms with Gasteiger partial charge >= 0.3 is 5.97 Å². The molecule has 0 saturated heterocycles. The molecule has 0 radical (unpaired) electrons. The van der Waals surface area contributed by atoms with Gasteiger partial charge in [-0.15, -0.1) is 0 Å². The second kappa shape index (κ2) is 7.40. The first-order valence-electron chi connectivity index (χ1n) is 7.07. The Kier molecular flexibility index (Phi) is 5.30. The lowest BCUT2D eigenvalue weighted by molar-refractivity contribution is -0.148. The van der Waals surface area contributed by atoms with E-state index in [1.165, 1.54) is 4.90 Å². The summed E-state index contributed by atoms with van der Waals surface area (Å²) < 4.78 is 6.52. The van der Waals surface area contributed by atoms with Crippen LogP contribution in [0.15, 0.2) is 42.9 Å². The molecule has 116 valence electrons. The number of esters is 1. The average Bonchev–Trinajstić information content (AvgIpc) is 2.96. The normalized spacial score (nSPS) is 10.3. The van der Waals surface area contributed by atoms with E-state index in [9.17, 15) is 9.59 Å². The fourth-order valence-corrected chi connectivity index (χ4v) is 1.97. The van der Waals surface area contributed by atoms with Gasteiger partial charge in [-0.1, -0.05) is 30.3 Å². The Morgan fingerprint density at radius 3 is 2.68 bits per heavy atom. The minimum Gasteiger partial charge on any atom is -0.465 e. The van der Waals surface area contributed by atoms with E-state index < -0.39 is 5.97 Å². The molecule has 0 N–H and O–H groups in total. The third-order valence-corrected chi connectivity index (χ3v) is 3.12. The summed E-state index contributed by atoms with van der Waals surface area (Å²) in [5, 5.41) is 0. The maximum absolute atomic E-state index is 12.1. The topological polar surface area (TPSA) is 64.4 Å². The molecule has 6 nitrogen and oxygen atoms in total. The number of benzene rings is 1. The highest BCUT2D eigenvalue weighted by Crippen LogP contribution is 2.15. The van der Waals surface area contributed by atoms with Gasteiger partial charge in [0.1, 0.15) is 13.1 Å². The number of carbonyl (C=O) groups is 2. The van der Waals surface area contributed by atoms with E-state index in [-0.39, 0.29) is 19.0 Å². The molecule has 6 heteroatoms. The minimum absolute atomic E-state index is 0.0487. The van der Waals surface area contributed by atoms with Crippen LogP contribution in [0.1, 0.15) is 6.92 Å². The van der Waals surface area contributed by atoms with Crippen molar-refractivity contribution in [3.05, 3.63) is 42.9 Å². The number of hydrogen-bond acceptors (Lipinski definition) is 4. The zero-order valence-corrected chi connectivity index (χ0v) is 12.7. The van der Waals surface area contributed by atoms with Gasteiger partial charge in [0.15, 0.2) is 0 Å². The van der Waals surface area contributed by atoms with Crippen molar-refractivity contribution < 1.29 is 14.3 Å². The smallest absolute Gasteiger partial charge is 0.325 e. The standard InChI is InChI=1S/C16H19N3O3/c1-3-22-16(21)11-18(2)15(20)10-19-9-14(17-12-19)13-7-5-4-6-8-13/h4-9,12H,3,10-11H2,1-2H3. The summed E-state index contributed by atoms with van der Waals surface area (Å²) in [6.07, 6.45) is 3.42. The van der Waals surface area contributed by atoms with E-state index in [1.807, 2.05) is 36.5 Å². The lowest BCUT2D eigenvalue weighted by Gasteiger charge is -2.16. The Labute approximate surface area is 129 Å². The third-order valence-electron chi connectivity index (χ3n) is 3.12. The van der Waals surface area contributed by atoms with Crippen LogP contribution in [0, 0.1) is 0 Å². The van der Waals surface area contributed by atoms with Crippen molar-refractivity contribution in [2.24, 2.45) is 0 Å². The summed E-state index contributed by atoms with van der Waals surface area (Å²) in [5.74, 6) is -0.584. The van der Waals surface area contributed by atoms with E-state index >= 15 is 0 Å². The maximum Gasteiger partial charge on any atom is 0.325 e. The second-order valence-electron chi connectivity index (χ2n) is 4.85. The van der Waals surface area contributed by atoms with E-state index in [2.05, 4.69) is 4.98 Å². The lowest BCUT2D eigenvalue weighted by atomic mass is 10.2. The molecule has 1 aromatic heterocycles. The van der Waals surface area contributed by atoms with E-state index in [4.69, 9.17) is 4.74 Å². The first kappa shape index (κ1) is 15.8. The van der Waals surface area contributed by atoms with Crippen molar-refractivity contribution in [3.8, 4) is 11.3 Å². The molecule has 0 aliphatic rings. The van der Waals surface area contributed by atoms with Crippen LogP contribution in [0.4, 0.5) is 0 Å². The van der Waals surface area contributed by atoms with Crippen molar-refractivity contribution in [3.63, 3.8) is 0 Å². The Morgan fingerprint density at radius 1 is 1.27 bits per heavy atom. The van der Waals surface area contributed by atoms with Gasteiger partial charge in [0.2, 0.25) is 5.91 Å². The first-order chi connectivity index (χ1) is 10.6. The van der Waals surface area contributed by atoms with Crippen molar-refractivity contribution in [2.75, 3.05) is 20.2 Å². The Bertz CT molecular complexity index is 637. The maximum atomic E-state index is 12.1. The zero-order valence-electron chi connectivity index (χ0n) is 12.7. The third kappa shape index (κ3) is 4.18. The monoisotopic (exact) mass is 301 g/mol. The molecular formula is C16H19N3O3. The van der Waals surface area contributed by atoms with Gasteiger partial charge in [-0.05, 0) is 6.92 Å². The molecule has 0 aliphatic heterocycles. The zero-order chi connectivity index (χ0) is 15.9. The highest BCUT2D eigenvalue weighted by atomic mass is 16.5. The molecule has 0 atom stereocenters. The van der Waals surface area contributed by atoms with Gasteiger partial charge in [0.25, 0.3) is 0 Å². The van der Waals surface area contributed by atoms with Crippen molar-refractivity contribution in [2.45, 2.75) is 13.5 Å². The molecule has 2 aromatic rings. The number of likely N-dealkylation sites (N-methyl/N-ethyl adjacent to an activating group) is 1. The van der Waals surface area contributed by atoms with Gasteiger partial charge in [0, 0.05) is 18.8 Å². The number of nitrogens with zero attached hydrogens (tertiary/aromatic N) is 3. The van der Waals surface area contributed by atoms with E-state index in [0.29, 0.717) is 6.61 Å². The molecule has 0 saturated carbocycles. The fourth-order valence-electron chi connectivity index (χ4n) is 1.97. The predicted molar refractivity (Wildman–Crippen MR) is 81.9 cm³/mol. The Balaban J connectivity index is 1.95. The molecule has 0 bridgehead atoms. The quantitative estimate of drug-likeness (QED) is 0.760. The summed E-state index contributed by atoms with van der Waals surface area (Å²) in [6.45, 7) is 2.13. The van der Waals surface area contributed by atoms with Crippen LogP contribution in [0.5, 0.6) is 0 Å². The fraction of sp³-hybridized carbons (Fsp3) is 0.312. The SMILES string of the molecule is CCOC(=O)CN(C)C(=O)Cn1cnc(-c2ccccc2)c1. The van der Waals surface area contributed by atoms with Gasteiger partial charge in [-0.25, -0.2) is 4.98 Å². The highest BCUT2D eigenvalue weighted by Gasteiger charge is 2.14. The lowest BCUT2D eigenvalue weighted by Crippen LogP contribution is -2.35. The molecule has 0 fully saturated rings. The van der Waals surface area contributed by atoms with Crippen molar-refractivity contribution in [1.82, 2.24) is 14.5 Å². The van der Waals surface area contributed by atoms with Gasteiger partial charge in [-0.2, -0.15) is 0 Å². The van der Waals surface area contributed by atoms with Crippen LogP contribution in [0.2, 0.25) is 0 Å². The predicted octanol–water partition coefficient (Wildman–Crippen LogP) is 1.57. The minimum atomic E-state index is -0.408. The van der Waals surface area contributed by atoms with Crippen LogP contribution in [0.25, 0.3) is 11.3 Å². The number of rotatable bonds is 6.